The summed E-state index contributed by atoms with van der Waals surface area (Å²) in [5.74, 6) is 0.913. The molecule has 1 aliphatic heterocycles. The van der Waals surface area contributed by atoms with Crippen molar-refractivity contribution in [2.45, 2.75) is 60.0 Å². The molecule has 0 N–H and O–H groups in total. The van der Waals surface area contributed by atoms with Crippen molar-refractivity contribution in [3.63, 3.8) is 0 Å². The number of hydrogen-bond acceptors (Lipinski definition) is 5. The van der Waals surface area contributed by atoms with Crippen molar-refractivity contribution in [3.8, 4) is 5.75 Å². The van der Waals surface area contributed by atoms with Crippen LogP contribution >= 0.6 is 0 Å². The molecule has 0 atom stereocenters. The topological polar surface area (TPSA) is 43.3 Å². The minimum Gasteiger partial charge on any atom is -0.490 e. The van der Waals surface area contributed by atoms with Crippen molar-refractivity contribution in [1.82, 2.24) is 0 Å². The molecule has 5 heteroatoms. The summed E-state index contributed by atoms with van der Waals surface area (Å²) in [6.45, 7) is 12.2. The van der Waals surface area contributed by atoms with E-state index in [1.165, 1.54) is 6.42 Å². The first-order chi connectivity index (χ1) is 11.8. The van der Waals surface area contributed by atoms with Crippen molar-refractivity contribution < 1.29 is 14.2 Å². The van der Waals surface area contributed by atoms with Gasteiger partial charge in [0.25, 0.3) is 0 Å². The molecule has 2 aliphatic rings. The fraction of sp³-hybridized carbons (Fsp3) is 0.650. The van der Waals surface area contributed by atoms with Gasteiger partial charge < -0.3 is 14.2 Å². The molecule has 5 nitrogen and oxygen atoms in total. The van der Waals surface area contributed by atoms with E-state index >= 15 is 0 Å². The summed E-state index contributed by atoms with van der Waals surface area (Å²) in [6.07, 6.45) is 4.03. The SMILES string of the molecule is CCOC1=NN(c2ccc(OC3CC(C)(C)CC(C)(C)C3)cc2)CO1. The number of nitrogens with zero attached hydrogens (tertiary/aromatic N) is 2. The Labute approximate surface area is 150 Å². The van der Waals surface area contributed by atoms with E-state index in [1.807, 2.05) is 31.2 Å². The summed E-state index contributed by atoms with van der Waals surface area (Å²) in [7, 11) is 0. The van der Waals surface area contributed by atoms with E-state index < -0.39 is 0 Å². The van der Waals surface area contributed by atoms with E-state index in [4.69, 9.17) is 14.2 Å². The zero-order valence-electron chi connectivity index (χ0n) is 16.0. The van der Waals surface area contributed by atoms with Crippen LogP contribution in [0.2, 0.25) is 0 Å². The highest BCUT2D eigenvalue weighted by atomic mass is 16.7. The van der Waals surface area contributed by atoms with Crippen LogP contribution in [0.4, 0.5) is 5.69 Å². The molecule has 1 aliphatic carbocycles. The maximum Gasteiger partial charge on any atom is 0.407 e. The molecule has 3 rings (SSSR count). The highest BCUT2D eigenvalue weighted by Gasteiger charge is 2.39. The van der Waals surface area contributed by atoms with Crippen LogP contribution in [0.15, 0.2) is 29.4 Å². The second-order valence-corrected chi connectivity index (χ2v) is 8.62. The number of rotatable bonds is 4. The Kier molecular flexibility index (Phi) is 4.85. The Balaban J connectivity index is 1.63. The molecule has 25 heavy (non-hydrogen) atoms. The van der Waals surface area contributed by atoms with Crippen LogP contribution in [0.1, 0.15) is 53.9 Å². The van der Waals surface area contributed by atoms with Gasteiger partial charge >= 0.3 is 6.08 Å². The number of hydrazone groups is 1. The lowest BCUT2D eigenvalue weighted by Gasteiger charge is -2.44. The molecular formula is C20H30N2O3. The smallest absolute Gasteiger partial charge is 0.407 e. The zero-order chi connectivity index (χ0) is 18.1. The lowest BCUT2D eigenvalue weighted by Crippen LogP contribution is -2.39. The van der Waals surface area contributed by atoms with Crippen LogP contribution in [0.25, 0.3) is 0 Å². The number of benzene rings is 1. The minimum atomic E-state index is 0.266. The van der Waals surface area contributed by atoms with E-state index in [-0.39, 0.29) is 6.10 Å². The molecule has 138 valence electrons. The van der Waals surface area contributed by atoms with Gasteiger partial charge in [-0.1, -0.05) is 32.8 Å². The molecule has 0 bridgehead atoms. The van der Waals surface area contributed by atoms with Crippen LogP contribution in [-0.2, 0) is 9.47 Å². The van der Waals surface area contributed by atoms with E-state index in [9.17, 15) is 0 Å². The Bertz CT molecular complexity index is 606. The maximum absolute atomic E-state index is 6.29. The van der Waals surface area contributed by atoms with Gasteiger partial charge in [-0.15, -0.1) is 0 Å². The molecule has 0 amide bonds. The molecule has 0 unspecified atom stereocenters. The Morgan fingerprint density at radius 2 is 1.76 bits per heavy atom. The van der Waals surface area contributed by atoms with Crippen LogP contribution in [0.5, 0.6) is 5.75 Å². The van der Waals surface area contributed by atoms with Crippen LogP contribution < -0.4 is 9.75 Å². The Hall–Kier alpha value is -1.91. The van der Waals surface area contributed by atoms with E-state index in [0.29, 0.717) is 30.3 Å². The Morgan fingerprint density at radius 1 is 1.12 bits per heavy atom. The summed E-state index contributed by atoms with van der Waals surface area (Å²) >= 11 is 0. The second-order valence-electron chi connectivity index (χ2n) is 8.62. The largest absolute Gasteiger partial charge is 0.490 e. The van der Waals surface area contributed by atoms with Gasteiger partial charge in [0, 0.05) is 0 Å². The Morgan fingerprint density at radius 3 is 2.36 bits per heavy atom. The molecule has 0 spiro atoms. The molecule has 1 saturated carbocycles. The summed E-state index contributed by atoms with van der Waals surface area (Å²) < 4.78 is 17.0. The molecule has 0 radical (unpaired) electrons. The maximum atomic E-state index is 6.29. The first-order valence-corrected chi connectivity index (χ1v) is 9.15. The standard InChI is InChI=1S/C20H30N2O3/c1-6-23-18-21-22(14-24-18)15-7-9-16(10-8-15)25-17-11-19(2,3)13-20(4,5)12-17/h7-10,17H,6,11-14H2,1-5H3. The monoisotopic (exact) mass is 346 g/mol. The van der Waals surface area contributed by atoms with Gasteiger partial charge in [-0.05, 0) is 61.3 Å². The molecule has 0 aromatic heterocycles. The van der Waals surface area contributed by atoms with Crippen LogP contribution in [0.3, 0.4) is 0 Å². The van der Waals surface area contributed by atoms with Crippen molar-refractivity contribution in [1.29, 1.82) is 0 Å². The first kappa shape index (κ1) is 17.9. The second kappa shape index (κ2) is 6.77. The van der Waals surface area contributed by atoms with Crippen molar-refractivity contribution in [3.05, 3.63) is 24.3 Å². The van der Waals surface area contributed by atoms with Crippen molar-refractivity contribution >= 4 is 11.8 Å². The van der Waals surface area contributed by atoms with Gasteiger partial charge in [-0.25, -0.2) is 5.01 Å². The fourth-order valence-electron chi connectivity index (χ4n) is 4.32. The number of ether oxygens (including phenoxy) is 3. The van der Waals surface area contributed by atoms with Gasteiger partial charge in [0.15, 0.2) is 6.73 Å². The summed E-state index contributed by atoms with van der Waals surface area (Å²) in [6, 6.07) is 8.04. The third-order valence-corrected chi connectivity index (χ3v) is 4.74. The molecule has 0 saturated heterocycles. The van der Waals surface area contributed by atoms with Gasteiger partial charge in [-0.2, -0.15) is 0 Å². The van der Waals surface area contributed by atoms with Gasteiger partial charge in [0.05, 0.1) is 18.4 Å². The summed E-state index contributed by atoms with van der Waals surface area (Å²) in [4.78, 5) is 0. The number of anilines is 1. The lowest BCUT2D eigenvalue weighted by atomic mass is 9.64. The van der Waals surface area contributed by atoms with Gasteiger partial charge in [0.2, 0.25) is 0 Å². The highest BCUT2D eigenvalue weighted by molar-refractivity contribution is 5.71. The highest BCUT2D eigenvalue weighted by Crippen LogP contribution is 2.46. The van der Waals surface area contributed by atoms with Crippen LogP contribution in [-0.4, -0.2) is 25.5 Å². The lowest BCUT2D eigenvalue weighted by molar-refractivity contribution is 0.0134. The minimum absolute atomic E-state index is 0.266. The van der Waals surface area contributed by atoms with Crippen LogP contribution in [0, 0.1) is 10.8 Å². The molecule has 1 aromatic rings. The molecule has 1 aromatic carbocycles. The third kappa shape index (κ3) is 4.59. The molecular weight excluding hydrogens is 316 g/mol. The molecule has 1 fully saturated rings. The van der Waals surface area contributed by atoms with E-state index in [1.54, 1.807) is 5.01 Å². The quantitative estimate of drug-likeness (QED) is 0.787. The predicted molar refractivity (Wildman–Crippen MR) is 99.8 cm³/mol. The average Bonchev–Trinajstić information content (AvgIpc) is 2.94. The summed E-state index contributed by atoms with van der Waals surface area (Å²) in [5.41, 5.74) is 1.61. The molecule has 1 heterocycles. The van der Waals surface area contributed by atoms with Crippen molar-refractivity contribution in [2.24, 2.45) is 15.9 Å². The third-order valence-electron chi connectivity index (χ3n) is 4.74. The fourth-order valence-corrected chi connectivity index (χ4v) is 4.32. The normalized spacial score (nSPS) is 22.3. The van der Waals surface area contributed by atoms with Gasteiger partial charge in [-0.3, -0.25) is 0 Å². The van der Waals surface area contributed by atoms with E-state index in [0.717, 1.165) is 24.3 Å². The van der Waals surface area contributed by atoms with Crippen molar-refractivity contribution in [2.75, 3.05) is 18.3 Å². The summed E-state index contributed by atoms with van der Waals surface area (Å²) in [5, 5.41) is 6.08. The first-order valence-electron chi connectivity index (χ1n) is 9.15. The van der Waals surface area contributed by atoms with Gasteiger partial charge in [0.1, 0.15) is 5.75 Å². The zero-order valence-corrected chi connectivity index (χ0v) is 16.0. The number of hydrogen-bond donors (Lipinski definition) is 0. The average molecular weight is 346 g/mol. The van der Waals surface area contributed by atoms with E-state index in [2.05, 4.69) is 32.8 Å². The predicted octanol–water partition coefficient (Wildman–Crippen LogP) is 4.77.